The van der Waals surface area contributed by atoms with Crippen molar-refractivity contribution in [2.24, 2.45) is 0 Å². The lowest BCUT2D eigenvalue weighted by Gasteiger charge is -2.13. The minimum absolute atomic E-state index is 0.429. The molecule has 0 amide bonds. The summed E-state index contributed by atoms with van der Waals surface area (Å²) in [6.07, 6.45) is 5.60. The van der Waals surface area contributed by atoms with E-state index in [9.17, 15) is 5.11 Å². The Bertz CT molecular complexity index is 703. The lowest BCUT2D eigenvalue weighted by Crippen LogP contribution is -2.21. The Morgan fingerprint density at radius 1 is 1.45 bits per heavy atom. The van der Waals surface area contributed by atoms with Crippen molar-refractivity contribution in [3.63, 3.8) is 0 Å². The van der Waals surface area contributed by atoms with Crippen LogP contribution in [0.15, 0.2) is 6.33 Å². The van der Waals surface area contributed by atoms with Crippen molar-refractivity contribution in [1.82, 2.24) is 19.6 Å². The first-order chi connectivity index (χ1) is 9.63. The number of anilines is 1. The van der Waals surface area contributed by atoms with E-state index in [1.165, 1.54) is 10.8 Å². The van der Waals surface area contributed by atoms with Gasteiger partial charge in [0.05, 0.1) is 11.3 Å². The van der Waals surface area contributed by atoms with E-state index >= 15 is 0 Å². The van der Waals surface area contributed by atoms with E-state index in [0.717, 1.165) is 31.4 Å². The molecule has 0 spiro atoms. The van der Waals surface area contributed by atoms with Crippen LogP contribution in [0.5, 0.6) is 0 Å². The van der Waals surface area contributed by atoms with Crippen molar-refractivity contribution in [3.05, 3.63) is 17.6 Å². The summed E-state index contributed by atoms with van der Waals surface area (Å²) in [5.74, 6) is 6.90. The molecule has 1 fully saturated rings. The minimum Gasteiger partial charge on any atom is -0.382 e. The molecule has 104 valence electrons. The van der Waals surface area contributed by atoms with Crippen molar-refractivity contribution in [1.29, 1.82) is 0 Å². The molecule has 0 bridgehead atoms. The van der Waals surface area contributed by atoms with Crippen LogP contribution in [-0.2, 0) is 6.42 Å². The van der Waals surface area contributed by atoms with Gasteiger partial charge in [0.25, 0.3) is 5.78 Å². The number of aliphatic hydroxyl groups is 1. The van der Waals surface area contributed by atoms with Gasteiger partial charge in [-0.1, -0.05) is 18.8 Å². The van der Waals surface area contributed by atoms with Gasteiger partial charge in [-0.25, -0.2) is 4.98 Å². The van der Waals surface area contributed by atoms with Crippen LogP contribution in [0.3, 0.4) is 0 Å². The summed E-state index contributed by atoms with van der Waals surface area (Å²) in [6.45, 7) is 1.99. The zero-order chi connectivity index (χ0) is 14.2. The molecule has 1 saturated carbocycles. The Kier molecular flexibility index (Phi) is 3.07. The summed E-state index contributed by atoms with van der Waals surface area (Å²) in [4.78, 5) is 8.45. The number of rotatable bonds is 1. The second-order valence-corrected chi connectivity index (χ2v) is 5.13. The largest absolute Gasteiger partial charge is 0.382 e. The smallest absolute Gasteiger partial charge is 0.254 e. The molecule has 1 aliphatic rings. The van der Waals surface area contributed by atoms with Crippen molar-refractivity contribution < 1.29 is 5.11 Å². The van der Waals surface area contributed by atoms with E-state index in [2.05, 4.69) is 26.9 Å². The fourth-order valence-electron chi connectivity index (χ4n) is 2.57. The molecule has 6 nitrogen and oxygen atoms in total. The van der Waals surface area contributed by atoms with Gasteiger partial charge < -0.3 is 10.8 Å². The number of aryl methyl sites for hydroxylation is 1. The Morgan fingerprint density at radius 3 is 2.90 bits per heavy atom. The second kappa shape index (κ2) is 4.76. The lowest BCUT2D eigenvalue weighted by molar-refractivity contribution is 0.110. The molecule has 3 N–H and O–H groups in total. The highest BCUT2D eigenvalue weighted by Crippen LogP contribution is 2.29. The van der Waals surface area contributed by atoms with E-state index in [1.807, 2.05) is 6.92 Å². The van der Waals surface area contributed by atoms with Crippen LogP contribution in [0.1, 0.15) is 43.9 Å². The summed E-state index contributed by atoms with van der Waals surface area (Å²) < 4.78 is 1.47. The van der Waals surface area contributed by atoms with Crippen LogP contribution in [0.2, 0.25) is 0 Å². The average molecular weight is 271 g/mol. The number of nitrogen functional groups attached to an aromatic ring is 1. The molecule has 20 heavy (non-hydrogen) atoms. The van der Waals surface area contributed by atoms with Gasteiger partial charge in [-0.05, 0) is 32.1 Å². The van der Waals surface area contributed by atoms with E-state index in [1.54, 1.807) is 0 Å². The van der Waals surface area contributed by atoms with Gasteiger partial charge in [0, 0.05) is 0 Å². The molecule has 0 aromatic carbocycles. The standard InChI is InChI=1S/C14H17N5O/c1-2-11-10(5-8-14(20)6-3-4-7-14)12(15)19-13(18-11)16-9-17-19/h9,20H,2-4,6-7,15H2,1H3. The molecule has 0 atom stereocenters. The summed E-state index contributed by atoms with van der Waals surface area (Å²) in [5, 5.41) is 14.3. The number of hydrogen-bond acceptors (Lipinski definition) is 5. The van der Waals surface area contributed by atoms with Gasteiger partial charge in [-0.2, -0.15) is 14.6 Å². The fourth-order valence-corrected chi connectivity index (χ4v) is 2.57. The van der Waals surface area contributed by atoms with Crippen LogP contribution < -0.4 is 5.73 Å². The molecular formula is C14H17N5O. The number of nitrogens with two attached hydrogens (primary N) is 1. The summed E-state index contributed by atoms with van der Waals surface area (Å²) in [7, 11) is 0. The third-order valence-electron chi connectivity index (χ3n) is 3.72. The Morgan fingerprint density at radius 2 is 2.20 bits per heavy atom. The Labute approximate surface area is 117 Å². The van der Waals surface area contributed by atoms with Crippen molar-refractivity contribution >= 4 is 11.6 Å². The normalized spacial score (nSPS) is 17.1. The molecule has 2 aromatic rings. The zero-order valence-corrected chi connectivity index (χ0v) is 11.4. The first-order valence-electron chi connectivity index (χ1n) is 6.86. The summed E-state index contributed by atoms with van der Waals surface area (Å²) in [6, 6.07) is 0. The molecule has 0 radical (unpaired) electrons. The van der Waals surface area contributed by atoms with Gasteiger partial charge in [0.15, 0.2) is 0 Å². The Balaban J connectivity index is 2.10. The zero-order valence-electron chi connectivity index (χ0n) is 11.4. The fraction of sp³-hybridized carbons (Fsp3) is 0.500. The van der Waals surface area contributed by atoms with Crippen molar-refractivity contribution in [2.45, 2.75) is 44.6 Å². The maximum Gasteiger partial charge on any atom is 0.254 e. The van der Waals surface area contributed by atoms with Crippen LogP contribution in [0, 0.1) is 11.8 Å². The first-order valence-corrected chi connectivity index (χ1v) is 6.86. The molecule has 0 unspecified atom stereocenters. The van der Waals surface area contributed by atoms with E-state index in [4.69, 9.17) is 5.73 Å². The predicted octanol–water partition coefficient (Wildman–Crippen LogP) is 0.925. The highest BCUT2D eigenvalue weighted by Gasteiger charge is 2.28. The van der Waals surface area contributed by atoms with Gasteiger partial charge in [0.2, 0.25) is 0 Å². The lowest BCUT2D eigenvalue weighted by atomic mass is 10.0. The van der Waals surface area contributed by atoms with Crippen LogP contribution in [0.4, 0.5) is 5.82 Å². The number of hydrogen-bond donors (Lipinski definition) is 2. The number of fused-ring (bicyclic) bond motifs is 1. The third-order valence-corrected chi connectivity index (χ3v) is 3.72. The first kappa shape index (κ1) is 12.9. The molecule has 0 saturated heterocycles. The SMILES string of the molecule is CCc1nc2ncnn2c(N)c1C#CC1(O)CCCC1. The maximum absolute atomic E-state index is 10.3. The molecule has 6 heteroatoms. The average Bonchev–Trinajstić information content (AvgIpc) is 3.06. The number of aromatic nitrogens is 4. The van der Waals surface area contributed by atoms with Crippen LogP contribution in [0.25, 0.3) is 5.78 Å². The molecule has 2 aromatic heterocycles. The minimum atomic E-state index is -0.880. The second-order valence-electron chi connectivity index (χ2n) is 5.13. The predicted molar refractivity (Wildman–Crippen MR) is 74.9 cm³/mol. The molecule has 1 aliphatic carbocycles. The molecular weight excluding hydrogens is 254 g/mol. The van der Waals surface area contributed by atoms with E-state index in [-0.39, 0.29) is 0 Å². The highest BCUT2D eigenvalue weighted by molar-refractivity contribution is 5.58. The van der Waals surface area contributed by atoms with Gasteiger partial charge in [-0.3, -0.25) is 0 Å². The molecule has 2 heterocycles. The molecule has 0 aliphatic heterocycles. The van der Waals surface area contributed by atoms with E-state index < -0.39 is 5.60 Å². The van der Waals surface area contributed by atoms with Gasteiger partial charge in [-0.15, -0.1) is 0 Å². The number of nitrogens with zero attached hydrogens (tertiary/aromatic N) is 4. The Hall–Kier alpha value is -2.13. The summed E-state index contributed by atoms with van der Waals surface area (Å²) in [5.41, 5.74) is 6.66. The molecule has 3 rings (SSSR count). The third kappa shape index (κ3) is 2.10. The highest BCUT2D eigenvalue weighted by atomic mass is 16.3. The van der Waals surface area contributed by atoms with Crippen LogP contribution >= 0.6 is 0 Å². The van der Waals surface area contributed by atoms with Crippen molar-refractivity contribution in [3.8, 4) is 11.8 Å². The quantitative estimate of drug-likeness (QED) is 0.753. The van der Waals surface area contributed by atoms with Gasteiger partial charge >= 0.3 is 0 Å². The van der Waals surface area contributed by atoms with Crippen LogP contribution in [-0.4, -0.2) is 30.3 Å². The van der Waals surface area contributed by atoms with Gasteiger partial charge in [0.1, 0.15) is 17.7 Å². The topological polar surface area (TPSA) is 89.3 Å². The monoisotopic (exact) mass is 271 g/mol. The van der Waals surface area contributed by atoms with E-state index in [0.29, 0.717) is 23.6 Å². The summed E-state index contributed by atoms with van der Waals surface area (Å²) >= 11 is 0. The van der Waals surface area contributed by atoms with Crippen molar-refractivity contribution in [2.75, 3.05) is 5.73 Å². The maximum atomic E-state index is 10.3.